The van der Waals surface area contributed by atoms with Crippen molar-refractivity contribution in [2.24, 2.45) is 0 Å². The van der Waals surface area contributed by atoms with Crippen molar-refractivity contribution in [1.82, 2.24) is 0 Å². The van der Waals surface area contributed by atoms with E-state index < -0.39 is 0 Å². The average molecular weight is 272 g/mol. The Morgan fingerprint density at radius 1 is 0.667 bits per heavy atom. The third kappa shape index (κ3) is 1.37. The number of aryl methyl sites for hydroxylation is 1. The van der Waals surface area contributed by atoms with Crippen LogP contribution in [-0.4, -0.2) is 0 Å². The van der Waals surface area contributed by atoms with Crippen LogP contribution in [0.15, 0.2) is 63.4 Å². The molecule has 0 fully saturated rings. The van der Waals surface area contributed by atoms with E-state index in [2.05, 4.69) is 31.2 Å². The number of hydrogen-bond donors (Lipinski definition) is 0. The molecule has 21 heavy (non-hydrogen) atoms. The molecular weight excluding hydrogens is 260 g/mol. The molecule has 5 rings (SSSR count). The first kappa shape index (κ1) is 11.0. The molecule has 0 bridgehead atoms. The van der Waals surface area contributed by atoms with Gasteiger partial charge in [-0.25, -0.2) is 0 Å². The van der Waals surface area contributed by atoms with E-state index in [1.165, 1.54) is 5.56 Å². The van der Waals surface area contributed by atoms with Crippen LogP contribution in [0.5, 0.6) is 0 Å². The van der Waals surface area contributed by atoms with Crippen molar-refractivity contribution in [2.45, 2.75) is 6.92 Å². The standard InChI is InChI=1S/C19H12O2/c1-11-6-8-16-14(10-11)12-7-9-17-18(19(12)21-16)13-4-2-3-5-15(13)20-17/h2-10H,1H3. The quantitative estimate of drug-likeness (QED) is 0.356. The van der Waals surface area contributed by atoms with Crippen LogP contribution in [0.25, 0.3) is 43.9 Å². The van der Waals surface area contributed by atoms with E-state index >= 15 is 0 Å². The first-order chi connectivity index (χ1) is 10.3. The van der Waals surface area contributed by atoms with Crippen LogP contribution >= 0.6 is 0 Å². The molecule has 0 N–H and O–H groups in total. The lowest BCUT2D eigenvalue weighted by Crippen LogP contribution is -1.71. The molecule has 0 aliphatic heterocycles. The first-order valence-electron chi connectivity index (χ1n) is 7.04. The van der Waals surface area contributed by atoms with Gasteiger partial charge in [0.15, 0.2) is 0 Å². The number of para-hydroxylation sites is 1. The summed E-state index contributed by atoms with van der Waals surface area (Å²) < 4.78 is 12.0. The largest absolute Gasteiger partial charge is 0.456 e. The number of fused-ring (bicyclic) bond motifs is 7. The molecule has 0 aliphatic rings. The lowest BCUT2D eigenvalue weighted by atomic mass is 10.1. The Kier molecular flexibility index (Phi) is 1.92. The van der Waals surface area contributed by atoms with Gasteiger partial charge in [0.25, 0.3) is 0 Å². The van der Waals surface area contributed by atoms with E-state index in [0.29, 0.717) is 0 Å². The van der Waals surface area contributed by atoms with Gasteiger partial charge in [-0.15, -0.1) is 0 Å². The normalized spacial score (nSPS) is 12.0. The summed E-state index contributed by atoms with van der Waals surface area (Å²) in [6, 6.07) is 18.5. The van der Waals surface area contributed by atoms with Crippen molar-refractivity contribution < 1.29 is 8.83 Å². The van der Waals surface area contributed by atoms with E-state index in [1.54, 1.807) is 0 Å². The highest BCUT2D eigenvalue weighted by Crippen LogP contribution is 2.38. The molecule has 0 radical (unpaired) electrons. The van der Waals surface area contributed by atoms with Gasteiger partial charge in [-0.05, 0) is 37.3 Å². The monoisotopic (exact) mass is 272 g/mol. The summed E-state index contributed by atoms with van der Waals surface area (Å²) >= 11 is 0. The maximum absolute atomic E-state index is 6.13. The molecule has 2 aromatic heterocycles. The predicted octanol–water partition coefficient (Wildman–Crippen LogP) is 5.79. The van der Waals surface area contributed by atoms with Gasteiger partial charge in [0, 0.05) is 16.2 Å². The van der Waals surface area contributed by atoms with Crippen molar-refractivity contribution in [2.75, 3.05) is 0 Å². The fourth-order valence-electron chi connectivity index (χ4n) is 3.16. The van der Waals surface area contributed by atoms with E-state index in [4.69, 9.17) is 8.83 Å². The third-order valence-corrected chi connectivity index (χ3v) is 4.13. The summed E-state index contributed by atoms with van der Waals surface area (Å²) in [4.78, 5) is 0. The minimum atomic E-state index is 0.875. The molecule has 2 heterocycles. The van der Waals surface area contributed by atoms with E-state index in [9.17, 15) is 0 Å². The molecule has 0 amide bonds. The molecule has 100 valence electrons. The molecule has 0 saturated heterocycles. The van der Waals surface area contributed by atoms with E-state index in [1.807, 2.05) is 30.3 Å². The predicted molar refractivity (Wildman–Crippen MR) is 85.7 cm³/mol. The number of benzene rings is 3. The zero-order valence-corrected chi connectivity index (χ0v) is 11.5. The maximum atomic E-state index is 6.13. The lowest BCUT2D eigenvalue weighted by Gasteiger charge is -1.92. The number of rotatable bonds is 0. The van der Waals surface area contributed by atoms with Gasteiger partial charge in [0.1, 0.15) is 22.3 Å². The van der Waals surface area contributed by atoms with Gasteiger partial charge < -0.3 is 8.83 Å². The Labute approximate surface area is 120 Å². The van der Waals surface area contributed by atoms with Crippen LogP contribution < -0.4 is 0 Å². The van der Waals surface area contributed by atoms with Crippen molar-refractivity contribution in [1.29, 1.82) is 0 Å². The highest BCUT2D eigenvalue weighted by atomic mass is 16.3. The minimum Gasteiger partial charge on any atom is -0.456 e. The molecule has 0 aliphatic carbocycles. The Bertz CT molecular complexity index is 1140. The van der Waals surface area contributed by atoms with Crippen LogP contribution in [0.2, 0.25) is 0 Å². The lowest BCUT2D eigenvalue weighted by molar-refractivity contribution is 0.663. The average Bonchev–Trinajstić information content (AvgIpc) is 3.04. The summed E-state index contributed by atoms with van der Waals surface area (Å²) in [5, 5.41) is 4.48. The SMILES string of the molecule is Cc1ccc2oc3c(ccc4oc5ccccc5c43)c2c1. The zero-order chi connectivity index (χ0) is 14.0. The maximum Gasteiger partial charge on any atom is 0.147 e. The second kappa shape index (κ2) is 3.67. The van der Waals surface area contributed by atoms with E-state index in [-0.39, 0.29) is 0 Å². The Hall–Kier alpha value is -2.74. The fourth-order valence-corrected chi connectivity index (χ4v) is 3.16. The highest BCUT2D eigenvalue weighted by Gasteiger charge is 2.15. The molecule has 2 heteroatoms. The van der Waals surface area contributed by atoms with Gasteiger partial charge in [-0.3, -0.25) is 0 Å². The van der Waals surface area contributed by atoms with Gasteiger partial charge in [-0.1, -0.05) is 29.8 Å². The van der Waals surface area contributed by atoms with Crippen LogP contribution in [0.4, 0.5) is 0 Å². The van der Waals surface area contributed by atoms with Gasteiger partial charge in [-0.2, -0.15) is 0 Å². The molecule has 0 unspecified atom stereocenters. The topological polar surface area (TPSA) is 26.3 Å². The van der Waals surface area contributed by atoms with Crippen LogP contribution in [0, 0.1) is 6.92 Å². The summed E-state index contributed by atoms with van der Waals surface area (Å²) in [5.41, 5.74) is 4.85. The molecule has 3 aromatic carbocycles. The molecule has 0 spiro atoms. The van der Waals surface area contributed by atoms with Crippen molar-refractivity contribution in [3.63, 3.8) is 0 Å². The van der Waals surface area contributed by atoms with Gasteiger partial charge >= 0.3 is 0 Å². The fraction of sp³-hybridized carbons (Fsp3) is 0.0526. The van der Waals surface area contributed by atoms with Crippen LogP contribution in [-0.2, 0) is 0 Å². The zero-order valence-electron chi connectivity index (χ0n) is 11.5. The van der Waals surface area contributed by atoms with Crippen molar-refractivity contribution >= 4 is 43.9 Å². The van der Waals surface area contributed by atoms with Gasteiger partial charge in [0.2, 0.25) is 0 Å². The summed E-state index contributed by atoms with van der Waals surface area (Å²) in [6.07, 6.45) is 0. The van der Waals surface area contributed by atoms with Crippen molar-refractivity contribution in [3.05, 3.63) is 60.2 Å². The summed E-state index contributed by atoms with van der Waals surface area (Å²) in [6.45, 7) is 2.10. The summed E-state index contributed by atoms with van der Waals surface area (Å²) in [7, 11) is 0. The van der Waals surface area contributed by atoms with Gasteiger partial charge in [0.05, 0.1) is 5.39 Å². The van der Waals surface area contributed by atoms with E-state index in [0.717, 1.165) is 43.9 Å². The Morgan fingerprint density at radius 2 is 1.48 bits per heavy atom. The Morgan fingerprint density at radius 3 is 2.43 bits per heavy atom. The number of hydrogen-bond acceptors (Lipinski definition) is 2. The highest BCUT2D eigenvalue weighted by molar-refractivity contribution is 6.21. The molecule has 5 aromatic rings. The first-order valence-corrected chi connectivity index (χ1v) is 7.04. The van der Waals surface area contributed by atoms with Crippen LogP contribution in [0.3, 0.4) is 0 Å². The minimum absolute atomic E-state index is 0.875. The molecule has 2 nitrogen and oxygen atoms in total. The molecule has 0 saturated carbocycles. The molecular formula is C19H12O2. The smallest absolute Gasteiger partial charge is 0.147 e. The second-order valence-corrected chi connectivity index (χ2v) is 5.52. The molecule has 0 atom stereocenters. The second-order valence-electron chi connectivity index (χ2n) is 5.52. The summed E-state index contributed by atoms with van der Waals surface area (Å²) in [5.74, 6) is 0. The third-order valence-electron chi connectivity index (χ3n) is 4.13. The van der Waals surface area contributed by atoms with Crippen molar-refractivity contribution in [3.8, 4) is 0 Å². The number of furan rings is 2. The Balaban J connectivity index is 2.10. The van der Waals surface area contributed by atoms with Crippen LogP contribution in [0.1, 0.15) is 5.56 Å².